The van der Waals surface area contributed by atoms with Gasteiger partial charge in [0, 0.05) is 24.6 Å². The quantitative estimate of drug-likeness (QED) is 0.729. The molecule has 1 aromatic rings. The van der Waals surface area contributed by atoms with Crippen molar-refractivity contribution in [2.45, 2.75) is 65.5 Å². The Morgan fingerprint density at radius 3 is 2.66 bits per heavy atom. The second kappa shape index (κ2) is 8.50. The standard InChI is InChI=1S/C24H35NO4/c1-14-12-18(25)15(2)21(22(23(26)27-6)29-24(3,4)5)20(14)17-9-10-19-16(13-17)8-7-11-28-19/h9-10,12-13,15,21-23,26H,7-8,11,25H2,1-6H3. The van der Waals surface area contributed by atoms with Crippen LogP contribution in [0.25, 0.3) is 5.57 Å². The van der Waals surface area contributed by atoms with Crippen LogP contribution in [0, 0.1) is 11.8 Å². The molecule has 160 valence electrons. The van der Waals surface area contributed by atoms with E-state index < -0.39 is 18.0 Å². The van der Waals surface area contributed by atoms with E-state index in [9.17, 15) is 5.11 Å². The molecule has 29 heavy (non-hydrogen) atoms. The maximum atomic E-state index is 10.7. The fourth-order valence-electron chi connectivity index (χ4n) is 4.43. The molecule has 0 fully saturated rings. The third kappa shape index (κ3) is 4.68. The molecular formula is C24H35NO4. The zero-order valence-corrected chi connectivity index (χ0v) is 18.5. The number of hydrogen-bond acceptors (Lipinski definition) is 5. The van der Waals surface area contributed by atoms with Crippen LogP contribution in [-0.4, -0.2) is 36.8 Å². The van der Waals surface area contributed by atoms with Gasteiger partial charge in [-0.25, -0.2) is 0 Å². The molecule has 3 rings (SSSR count). The van der Waals surface area contributed by atoms with Crippen molar-refractivity contribution in [3.63, 3.8) is 0 Å². The molecule has 2 aliphatic rings. The monoisotopic (exact) mass is 401 g/mol. The molecule has 0 saturated heterocycles. The van der Waals surface area contributed by atoms with E-state index in [0.717, 1.165) is 47.6 Å². The Hall–Kier alpha value is -1.82. The lowest BCUT2D eigenvalue weighted by Crippen LogP contribution is -2.46. The molecule has 0 amide bonds. The van der Waals surface area contributed by atoms with Crippen LogP contribution < -0.4 is 10.5 Å². The third-order valence-corrected chi connectivity index (χ3v) is 5.79. The Morgan fingerprint density at radius 1 is 1.28 bits per heavy atom. The summed E-state index contributed by atoms with van der Waals surface area (Å²) in [5.41, 5.74) is 11.3. The molecular weight excluding hydrogens is 366 g/mol. The summed E-state index contributed by atoms with van der Waals surface area (Å²) in [6, 6.07) is 6.38. The predicted octanol–water partition coefficient (Wildman–Crippen LogP) is 4.04. The van der Waals surface area contributed by atoms with Gasteiger partial charge in [0.25, 0.3) is 0 Å². The molecule has 1 aliphatic heterocycles. The Morgan fingerprint density at radius 2 is 2.00 bits per heavy atom. The van der Waals surface area contributed by atoms with Crippen molar-refractivity contribution in [2.75, 3.05) is 13.7 Å². The van der Waals surface area contributed by atoms with E-state index in [-0.39, 0.29) is 11.8 Å². The maximum Gasteiger partial charge on any atom is 0.181 e. The van der Waals surface area contributed by atoms with Crippen molar-refractivity contribution >= 4 is 5.57 Å². The number of hydrogen-bond donors (Lipinski definition) is 2. The third-order valence-electron chi connectivity index (χ3n) is 5.79. The number of rotatable bonds is 5. The fraction of sp³-hybridized carbons (Fsp3) is 0.583. The molecule has 5 nitrogen and oxygen atoms in total. The summed E-state index contributed by atoms with van der Waals surface area (Å²) in [5, 5.41) is 10.7. The van der Waals surface area contributed by atoms with Gasteiger partial charge in [-0.2, -0.15) is 0 Å². The van der Waals surface area contributed by atoms with Crippen molar-refractivity contribution in [3.05, 3.63) is 46.7 Å². The molecule has 1 aliphatic carbocycles. The van der Waals surface area contributed by atoms with Gasteiger partial charge in [-0.15, -0.1) is 0 Å². The van der Waals surface area contributed by atoms with Crippen molar-refractivity contribution < 1.29 is 19.3 Å². The van der Waals surface area contributed by atoms with E-state index >= 15 is 0 Å². The van der Waals surface area contributed by atoms with Gasteiger partial charge in [-0.05, 0) is 81.0 Å². The number of methoxy groups -OCH3 is 1. The van der Waals surface area contributed by atoms with E-state index in [4.69, 9.17) is 19.9 Å². The first kappa shape index (κ1) is 21.9. The SMILES string of the molecule is COC(O)C(OC(C)(C)C)C1C(c2ccc3c(c2)CCCO3)=C(C)C=C(N)C1C. The minimum atomic E-state index is -1.06. The minimum Gasteiger partial charge on any atom is -0.493 e. The zero-order chi connectivity index (χ0) is 21.3. The van der Waals surface area contributed by atoms with E-state index in [2.05, 4.69) is 32.0 Å². The number of fused-ring (bicyclic) bond motifs is 1. The van der Waals surface area contributed by atoms with Crippen LogP contribution in [-0.2, 0) is 15.9 Å². The summed E-state index contributed by atoms with van der Waals surface area (Å²) < 4.78 is 17.5. The number of aryl methyl sites for hydroxylation is 1. The number of ether oxygens (including phenoxy) is 3. The largest absolute Gasteiger partial charge is 0.493 e. The normalized spacial score (nSPS) is 24.4. The molecule has 4 atom stereocenters. The van der Waals surface area contributed by atoms with Crippen LogP contribution in [0.2, 0.25) is 0 Å². The van der Waals surface area contributed by atoms with Crippen LogP contribution in [0.1, 0.15) is 52.2 Å². The summed E-state index contributed by atoms with van der Waals surface area (Å²) in [6.45, 7) is 10.9. The van der Waals surface area contributed by atoms with Gasteiger partial charge in [-0.3, -0.25) is 0 Å². The van der Waals surface area contributed by atoms with Gasteiger partial charge in [0.1, 0.15) is 11.9 Å². The van der Waals surface area contributed by atoms with Crippen LogP contribution in [0.5, 0.6) is 5.75 Å². The summed E-state index contributed by atoms with van der Waals surface area (Å²) in [5.74, 6) is 0.822. The lowest BCUT2D eigenvalue weighted by atomic mass is 9.72. The lowest BCUT2D eigenvalue weighted by Gasteiger charge is -2.42. The highest BCUT2D eigenvalue weighted by atomic mass is 16.6. The van der Waals surface area contributed by atoms with Gasteiger partial charge in [0.15, 0.2) is 6.29 Å². The van der Waals surface area contributed by atoms with Gasteiger partial charge in [-0.1, -0.05) is 13.0 Å². The van der Waals surface area contributed by atoms with Crippen LogP contribution in [0.4, 0.5) is 0 Å². The average Bonchev–Trinajstić information content (AvgIpc) is 2.67. The van der Waals surface area contributed by atoms with Crippen LogP contribution in [0.3, 0.4) is 0 Å². The minimum absolute atomic E-state index is 0.00173. The van der Waals surface area contributed by atoms with Gasteiger partial charge in [0.2, 0.25) is 0 Å². The average molecular weight is 402 g/mol. The van der Waals surface area contributed by atoms with Crippen LogP contribution >= 0.6 is 0 Å². The summed E-state index contributed by atoms with van der Waals surface area (Å²) in [6.07, 6.45) is 2.46. The Balaban J connectivity index is 2.11. The first-order valence-corrected chi connectivity index (χ1v) is 10.4. The molecule has 0 saturated carbocycles. The second-order valence-electron chi connectivity index (χ2n) is 9.15. The van der Waals surface area contributed by atoms with E-state index in [1.807, 2.05) is 26.8 Å². The van der Waals surface area contributed by atoms with Gasteiger partial charge < -0.3 is 25.1 Å². The Kier molecular flexibility index (Phi) is 6.42. The highest BCUT2D eigenvalue weighted by molar-refractivity contribution is 5.76. The number of allylic oxidation sites excluding steroid dienone is 3. The number of aliphatic hydroxyl groups is 1. The zero-order valence-electron chi connectivity index (χ0n) is 18.5. The van der Waals surface area contributed by atoms with Gasteiger partial charge in [0.05, 0.1) is 12.2 Å². The number of benzene rings is 1. The first-order valence-electron chi connectivity index (χ1n) is 10.4. The maximum absolute atomic E-state index is 10.7. The highest BCUT2D eigenvalue weighted by Crippen LogP contribution is 2.44. The van der Waals surface area contributed by atoms with E-state index in [1.165, 1.54) is 12.7 Å². The Labute approximate surface area is 174 Å². The molecule has 4 unspecified atom stereocenters. The molecule has 1 aromatic carbocycles. The second-order valence-corrected chi connectivity index (χ2v) is 9.15. The summed E-state index contributed by atoms with van der Waals surface area (Å²) >= 11 is 0. The molecule has 0 spiro atoms. The van der Waals surface area contributed by atoms with Crippen molar-refractivity contribution in [3.8, 4) is 5.75 Å². The topological polar surface area (TPSA) is 73.9 Å². The summed E-state index contributed by atoms with van der Waals surface area (Å²) in [4.78, 5) is 0. The molecule has 1 heterocycles. The number of aliphatic hydroxyl groups excluding tert-OH is 1. The predicted molar refractivity (Wildman–Crippen MR) is 115 cm³/mol. The van der Waals surface area contributed by atoms with Crippen molar-refractivity contribution in [2.24, 2.45) is 17.6 Å². The van der Waals surface area contributed by atoms with Crippen molar-refractivity contribution in [1.82, 2.24) is 0 Å². The van der Waals surface area contributed by atoms with Gasteiger partial charge >= 0.3 is 0 Å². The fourth-order valence-corrected chi connectivity index (χ4v) is 4.43. The first-order chi connectivity index (χ1) is 13.6. The molecule has 0 bridgehead atoms. The Bertz CT molecular complexity index is 806. The highest BCUT2D eigenvalue weighted by Gasteiger charge is 2.41. The van der Waals surface area contributed by atoms with Crippen molar-refractivity contribution in [1.29, 1.82) is 0 Å². The number of nitrogens with two attached hydrogens (primary N) is 1. The molecule has 3 N–H and O–H groups in total. The molecule has 0 radical (unpaired) electrons. The lowest BCUT2D eigenvalue weighted by molar-refractivity contribution is -0.209. The van der Waals surface area contributed by atoms with E-state index in [0.29, 0.717) is 0 Å². The van der Waals surface area contributed by atoms with Crippen LogP contribution in [0.15, 0.2) is 35.5 Å². The smallest absolute Gasteiger partial charge is 0.181 e. The summed E-state index contributed by atoms with van der Waals surface area (Å²) in [7, 11) is 1.50. The molecule has 5 heteroatoms. The molecule has 0 aromatic heterocycles. The van der Waals surface area contributed by atoms with E-state index in [1.54, 1.807) is 0 Å².